The van der Waals surface area contributed by atoms with Crippen LogP contribution in [0.4, 0.5) is 5.69 Å². The molecular weight excluding hydrogens is 328 g/mol. The highest BCUT2D eigenvalue weighted by molar-refractivity contribution is 7.89. The van der Waals surface area contributed by atoms with E-state index in [0.717, 1.165) is 58.0 Å². The summed E-state index contributed by atoms with van der Waals surface area (Å²) >= 11 is 0. The van der Waals surface area contributed by atoms with E-state index in [1.165, 1.54) is 12.1 Å². The van der Waals surface area contributed by atoms with Gasteiger partial charge in [-0.15, -0.1) is 0 Å². The summed E-state index contributed by atoms with van der Waals surface area (Å²) in [5.41, 5.74) is 0.614. The van der Waals surface area contributed by atoms with E-state index in [1.54, 1.807) is 6.07 Å². The van der Waals surface area contributed by atoms with Gasteiger partial charge in [-0.3, -0.25) is 0 Å². The van der Waals surface area contributed by atoms with Gasteiger partial charge in [0, 0.05) is 19.1 Å². The molecule has 2 fully saturated rings. The van der Waals surface area contributed by atoms with Gasteiger partial charge in [0.1, 0.15) is 4.90 Å². The minimum atomic E-state index is -3.74. The Morgan fingerprint density at radius 1 is 1.08 bits per heavy atom. The zero-order chi connectivity index (χ0) is 17.2. The summed E-state index contributed by atoms with van der Waals surface area (Å²) in [7, 11) is -3.74. The van der Waals surface area contributed by atoms with Crippen molar-refractivity contribution in [2.24, 2.45) is 0 Å². The average molecular weight is 352 g/mol. The third-order valence-electron chi connectivity index (χ3n) is 4.87. The number of hydrogen-bond donors (Lipinski definition) is 2. The number of nitrogens with one attached hydrogen (secondary N) is 1. The lowest BCUT2D eigenvalue weighted by molar-refractivity contribution is 0.0696. The Balaban J connectivity index is 1.95. The molecule has 2 N–H and O–H groups in total. The summed E-state index contributed by atoms with van der Waals surface area (Å²) in [6.45, 7) is 1.61. The van der Waals surface area contributed by atoms with Crippen LogP contribution in [0.3, 0.4) is 0 Å². The van der Waals surface area contributed by atoms with Crippen LogP contribution in [0.25, 0.3) is 0 Å². The average Bonchev–Trinajstić information content (AvgIpc) is 3.09. The standard InChI is InChI=1S/C17H24N2O4S/c20-17(21)13-8-9-15(19-10-4-5-11-19)16(12-13)24(22,23)18-14-6-2-1-3-7-14/h8-9,12,14,18H,1-7,10-11H2,(H,20,21). The minimum absolute atomic E-state index is 0.00182. The van der Waals surface area contributed by atoms with E-state index in [0.29, 0.717) is 5.69 Å². The van der Waals surface area contributed by atoms with Crippen molar-refractivity contribution in [3.8, 4) is 0 Å². The Bertz CT molecular complexity index is 705. The quantitative estimate of drug-likeness (QED) is 0.850. The highest BCUT2D eigenvalue weighted by Gasteiger charge is 2.28. The lowest BCUT2D eigenvalue weighted by Gasteiger charge is -2.25. The lowest BCUT2D eigenvalue weighted by Crippen LogP contribution is -2.37. The van der Waals surface area contributed by atoms with Crippen molar-refractivity contribution >= 4 is 21.7 Å². The molecule has 6 nitrogen and oxygen atoms in total. The van der Waals surface area contributed by atoms with E-state index in [1.807, 2.05) is 4.90 Å². The van der Waals surface area contributed by atoms with Crippen molar-refractivity contribution in [1.29, 1.82) is 0 Å². The molecule has 7 heteroatoms. The van der Waals surface area contributed by atoms with Crippen molar-refractivity contribution in [2.75, 3.05) is 18.0 Å². The fourth-order valence-electron chi connectivity index (χ4n) is 3.59. The number of carboxylic acids is 1. The van der Waals surface area contributed by atoms with E-state index in [-0.39, 0.29) is 16.5 Å². The van der Waals surface area contributed by atoms with E-state index in [4.69, 9.17) is 0 Å². The summed E-state index contributed by atoms with van der Waals surface area (Å²) in [4.78, 5) is 13.4. The molecule has 0 unspecified atom stereocenters. The Kier molecular flexibility index (Phi) is 5.10. The molecule has 1 aromatic carbocycles. The van der Waals surface area contributed by atoms with Crippen molar-refractivity contribution < 1.29 is 18.3 Å². The summed E-state index contributed by atoms with van der Waals surface area (Å²) in [5.74, 6) is -1.11. The second kappa shape index (κ2) is 7.11. The number of nitrogens with zero attached hydrogens (tertiary/aromatic N) is 1. The van der Waals surface area contributed by atoms with Gasteiger partial charge < -0.3 is 10.0 Å². The first-order chi connectivity index (χ1) is 11.5. The molecule has 1 saturated heterocycles. The molecule has 0 radical (unpaired) electrons. The number of benzene rings is 1. The predicted molar refractivity (Wildman–Crippen MR) is 92.0 cm³/mol. The van der Waals surface area contributed by atoms with Gasteiger partial charge in [0.05, 0.1) is 11.3 Å². The van der Waals surface area contributed by atoms with Crippen LogP contribution in [0.1, 0.15) is 55.3 Å². The zero-order valence-electron chi connectivity index (χ0n) is 13.7. The summed E-state index contributed by atoms with van der Waals surface area (Å²) < 4.78 is 28.6. The first-order valence-electron chi connectivity index (χ1n) is 8.62. The van der Waals surface area contributed by atoms with Crippen LogP contribution < -0.4 is 9.62 Å². The van der Waals surface area contributed by atoms with Crippen LogP contribution in [0, 0.1) is 0 Å². The largest absolute Gasteiger partial charge is 0.478 e. The molecule has 0 bridgehead atoms. The maximum Gasteiger partial charge on any atom is 0.335 e. The van der Waals surface area contributed by atoms with Crippen LogP contribution in [-0.4, -0.2) is 38.6 Å². The van der Waals surface area contributed by atoms with Crippen LogP contribution in [-0.2, 0) is 10.0 Å². The van der Waals surface area contributed by atoms with Crippen LogP contribution in [0.2, 0.25) is 0 Å². The number of carbonyl (C=O) groups is 1. The minimum Gasteiger partial charge on any atom is -0.478 e. The smallest absolute Gasteiger partial charge is 0.335 e. The second-order valence-electron chi connectivity index (χ2n) is 6.64. The lowest BCUT2D eigenvalue weighted by atomic mass is 9.96. The van der Waals surface area contributed by atoms with Gasteiger partial charge in [-0.1, -0.05) is 19.3 Å². The molecule has 0 amide bonds. The summed E-state index contributed by atoms with van der Waals surface area (Å²) in [5, 5.41) is 9.22. The normalized spacial score (nSPS) is 19.6. The van der Waals surface area contributed by atoms with Gasteiger partial charge in [0.2, 0.25) is 10.0 Å². The van der Waals surface area contributed by atoms with Crippen molar-refractivity contribution in [3.05, 3.63) is 23.8 Å². The Labute approximate surface area is 142 Å². The Hall–Kier alpha value is -1.60. The zero-order valence-corrected chi connectivity index (χ0v) is 14.5. The fourth-order valence-corrected chi connectivity index (χ4v) is 5.14. The predicted octanol–water partition coefficient (Wildman–Crippen LogP) is 2.60. The molecule has 0 spiro atoms. The van der Waals surface area contributed by atoms with Crippen molar-refractivity contribution in [1.82, 2.24) is 4.72 Å². The number of sulfonamides is 1. The number of aromatic carboxylic acids is 1. The molecule has 2 aliphatic rings. The van der Waals surface area contributed by atoms with Crippen LogP contribution in [0.5, 0.6) is 0 Å². The maximum atomic E-state index is 12.9. The molecule has 3 rings (SSSR count). The maximum absolute atomic E-state index is 12.9. The highest BCUT2D eigenvalue weighted by Crippen LogP contribution is 2.30. The third kappa shape index (κ3) is 3.72. The van der Waals surface area contributed by atoms with E-state index < -0.39 is 16.0 Å². The first kappa shape index (κ1) is 17.2. The van der Waals surface area contributed by atoms with E-state index >= 15 is 0 Å². The van der Waals surface area contributed by atoms with Gasteiger partial charge >= 0.3 is 5.97 Å². The summed E-state index contributed by atoms with van der Waals surface area (Å²) in [6, 6.07) is 4.35. The SMILES string of the molecule is O=C(O)c1ccc(N2CCCC2)c(S(=O)(=O)NC2CCCCC2)c1. The molecule has 1 aromatic rings. The van der Waals surface area contributed by atoms with Gasteiger partial charge in [0.15, 0.2) is 0 Å². The molecule has 0 aromatic heterocycles. The first-order valence-corrected chi connectivity index (χ1v) is 10.1. The van der Waals surface area contributed by atoms with Gasteiger partial charge in [-0.2, -0.15) is 0 Å². The van der Waals surface area contributed by atoms with Crippen molar-refractivity contribution in [3.63, 3.8) is 0 Å². The van der Waals surface area contributed by atoms with E-state index in [9.17, 15) is 18.3 Å². The Morgan fingerprint density at radius 3 is 2.38 bits per heavy atom. The fraction of sp³-hybridized carbons (Fsp3) is 0.588. The van der Waals surface area contributed by atoms with Crippen molar-refractivity contribution in [2.45, 2.75) is 55.9 Å². The highest BCUT2D eigenvalue weighted by atomic mass is 32.2. The molecule has 1 aliphatic heterocycles. The molecule has 0 atom stereocenters. The molecule has 24 heavy (non-hydrogen) atoms. The van der Waals surface area contributed by atoms with Gasteiger partial charge in [0.25, 0.3) is 0 Å². The van der Waals surface area contributed by atoms with Gasteiger partial charge in [-0.25, -0.2) is 17.9 Å². The van der Waals surface area contributed by atoms with Gasteiger partial charge in [-0.05, 0) is 43.9 Å². The topological polar surface area (TPSA) is 86.7 Å². The van der Waals surface area contributed by atoms with Crippen LogP contribution >= 0.6 is 0 Å². The molecular formula is C17H24N2O4S. The van der Waals surface area contributed by atoms with Crippen LogP contribution in [0.15, 0.2) is 23.1 Å². The monoisotopic (exact) mass is 352 g/mol. The number of hydrogen-bond acceptors (Lipinski definition) is 4. The molecule has 1 heterocycles. The number of rotatable bonds is 5. The number of carboxylic acid groups (broad SMARTS) is 1. The number of anilines is 1. The Morgan fingerprint density at radius 2 is 1.75 bits per heavy atom. The summed E-state index contributed by atoms with van der Waals surface area (Å²) in [6.07, 6.45) is 6.94. The third-order valence-corrected chi connectivity index (χ3v) is 6.42. The molecule has 1 saturated carbocycles. The van der Waals surface area contributed by atoms with E-state index in [2.05, 4.69) is 4.72 Å². The molecule has 132 valence electrons. The molecule has 1 aliphatic carbocycles. The second-order valence-corrected chi connectivity index (χ2v) is 8.32.